The molecule has 0 bridgehead atoms. The molecule has 2 rings (SSSR count). The monoisotopic (exact) mass is 229 g/mol. The van der Waals surface area contributed by atoms with E-state index in [2.05, 4.69) is 0 Å². The van der Waals surface area contributed by atoms with E-state index in [0.717, 1.165) is 0 Å². The molecule has 0 aromatic carbocycles. The molecule has 5 nitrogen and oxygen atoms in total. The Morgan fingerprint density at radius 3 is 2.12 bits per heavy atom. The Kier molecular flexibility index (Phi) is 3.08. The van der Waals surface area contributed by atoms with Crippen LogP contribution in [-0.4, -0.2) is 55.1 Å². The third-order valence-corrected chi connectivity index (χ3v) is 2.61. The van der Waals surface area contributed by atoms with Gasteiger partial charge in [-0.2, -0.15) is 0 Å². The van der Waals surface area contributed by atoms with Gasteiger partial charge in [-0.25, -0.2) is 4.79 Å². The van der Waals surface area contributed by atoms with E-state index in [1.807, 2.05) is 20.8 Å². The van der Waals surface area contributed by atoms with Crippen LogP contribution in [0.3, 0.4) is 0 Å². The predicted octanol–water partition coefficient (Wildman–Crippen LogP) is 1.02. The number of hydrogen-bond acceptors (Lipinski definition) is 4. The largest absolute Gasteiger partial charge is 0.444 e. The second kappa shape index (κ2) is 4.22. The number of carbonyl (C=O) groups excluding carboxylic acids is 1. The van der Waals surface area contributed by atoms with Gasteiger partial charge in [0.1, 0.15) is 17.8 Å². The second-order valence-electron chi connectivity index (χ2n) is 5.20. The summed E-state index contributed by atoms with van der Waals surface area (Å²) < 4.78 is 16.4. The molecule has 2 fully saturated rings. The number of likely N-dealkylation sites (tertiary alicyclic amines) is 1. The van der Waals surface area contributed by atoms with Crippen LogP contribution in [0.1, 0.15) is 20.8 Å². The molecule has 2 saturated heterocycles. The molecule has 2 heterocycles. The lowest BCUT2D eigenvalue weighted by Gasteiger charge is -2.24. The minimum atomic E-state index is -0.452. The Morgan fingerprint density at radius 1 is 1.19 bits per heavy atom. The maximum absolute atomic E-state index is 11.8. The summed E-state index contributed by atoms with van der Waals surface area (Å²) in [6.45, 7) is 7.95. The Labute approximate surface area is 95.6 Å². The Morgan fingerprint density at radius 2 is 1.69 bits per heavy atom. The fourth-order valence-electron chi connectivity index (χ4n) is 1.94. The van der Waals surface area contributed by atoms with E-state index < -0.39 is 5.60 Å². The zero-order valence-corrected chi connectivity index (χ0v) is 10.1. The predicted molar refractivity (Wildman–Crippen MR) is 57.3 cm³/mol. The number of ether oxygens (including phenoxy) is 3. The Hall–Kier alpha value is -0.810. The molecule has 2 atom stereocenters. The van der Waals surface area contributed by atoms with Crippen LogP contribution in [0.25, 0.3) is 0 Å². The molecule has 0 spiro atoms. The van der Waals surface area contributed by atoms with Gasteiger partial charge in [-0.1, -0.05) is 0 Å². The molecular formula is C11H19NO4. The molecule has 0 N–H and O–H groups in total. The number of nitrogens with zero attached hydrogens (tertiary/aromatic N) is 1. The summed E-state index contributed by atoms with van der Waals surface area (Å²) in [6.07, 6.45) is -0.253. The fraction of sp³-hybridized carbons (Fsp3) is 0.909. The molecule has 0 aromatic heterocycles. The quantitative estimate of drug-likeness (QED) is 0.622. The van der Waals surface area contributed by atoms with Crippen LogP contribution in [-0.2, 0) is 14.2 Å². The number of amides is 1. The van der Waals surface area contributed by atoms with Gasteiger partial charge in [0.15, 0.2) is 0 Å². The first kappa shape index (κ1) is 11.7. The van der Waals surface area contributed by atoms with E-state index in [1.54, 1.807) is 4.90 Å². The minimum absolute atomic E-state index is 0.0151. The van der Waals surface area contributed by atoms with Crippen molar-refractivity contribution in [1.82, 2.24) is 4.90 Å². The van der Waals surface area contributed by atoms with E-state index in [0.29, 0.717) is 26.3 Å². The maximum Gasteiger partial charge on any atom is 0.410 e. The van der Waals surface area contributed by atoms with Gasteiger partial charge in [0, 0.05) is 0 Å². The minimum Gasteiger partial charge on any atom is -0.444 e. The topological polar surface area (TPSA) is 48.0 Å². The van der Waals surface area contributed by atoms with Crippen LogP contribution in [0.5, 0.6) is 0 Å². The molecule has 0 aromatic rings. The molecule has 2 aliphatic heterocycles. The van der Waals surface area contributed by atoms with E-state index >= 15 is 0 Å². The number of carbonyl (C=O) groups is 1. The standard InChI is InChI=1S/C11H19NO4/c1-11(2,3)16-10(13)12-6-8-9(7-12)15-5-4-14-8/h8-9H,4-7H2,1-3H3/t8-,9-/m1/s1. The van der Waals surface area contributed by atoms with E-state index in [9.17, 15) is 4.79 Å². The Balaban J connectivity index is 1.90. The summed E-state index contributed by atoms with van der Waals surface area (Å²) in [6, 6.07) is 0. The average molecular weight is 229 g/mol. The van der Waals surface area contributed by atoms with Crippen LogP contribution in [0.4, 0.5) is 4.79 Å². The molecule has 92 valence electrons. The summed E-state index contributed by atoms with van der Waals surface area (Å²) in [5.74, 6) is 0. The van der Waals surface area contributed by atoms with Crippen LogP contribution in [0.2, 0.25) is 0 Å². The lowest BCUT2D eigenvalue weighted by atomic mass is 10.2. The highest BCUT2D eigenvalue weighted by Gasteiger charge is 2.40. The first-order valence-corrected chi connectivity index (χ1v) is 5.67. The van der Waals surface area contributed by atoms with Crippen LogP contribution in [0.15, 0.2) is 0 Å². The summed E-state index contributed by atoms with van der Waals surface area (Å²) in [5, 5.41) is 0. The fourth-order valence-corrected chi connectivity index (χ4v) is 1.94. The smallest absolute Gasteiger partial charge is 0.410 e. The van der Waals surface area contributed by atoms with Crippen molar-refractivity contribution in [2.75, 3.05) is 26.3 Å². The third-order valence-electron chi connectivity index (χ3n) is 2.61. The summed E-state index contributed by atoms with van der Waals surface area (Å²) >= 11 is 0. The van der Waals surface area contributed by atoms with Crippen LogP contribution < -0.4 is 0 Å². The highest BCUT2D eigenvalue weighted by Crippen LogP contribution is 2.22. The van der Waals surface area contributed by atoms with Gasteiger partial charge in [0.25, 0.3) is 0 Å². The van der Waals surface area contributed by atoms with E-state index in [4.69, 9.17) is 14.2 Å². The summed E-state index contributed by atoms with van der Waals surface area (Å²) in [7, 11) is 0. The first-order chi connectivity index (χ1) is 7.46. The van der Waals surface area contributed by atoms with Crippen molar-refractivity contribution < 1.29 is 19.0 Å². The zero-order valence-electron chi connectivity index (χ0n) is 10.1. The van der Waals surface area contributed by atoms with Gasteiger partial charge in [0.2, 0.25) is 0 Å². The molecule has 0 radical (unpaired) electrons. The van der Waals surface area contributed by atoms with Crippen LogP contribution in [0, 0.1) is 0 Å². The van der Waals surface area contributed by atoms with Crippen molar-refractivity contribution in [2.45, 2.75) is 38.6 Å². The number of hydrogen-bond donors (Lipinski definition) is 0. The lowest BCUT2D eigenvalue weighted by Crippen LogP contribution is -2.36. The molecule has 0 unspecified atom stereocenters. The van der Waals surface area contributed by atoms with Crippen molar-refractivity contribution in [3.8, 4) is 0 Å². The number of rotatable bonds is 0. The first-order valence-electron chi connectivity index (χ1n) is 5.67. The Bertz CT molecular complexity index is 260. The van der Waals surface area contributed by atoms with E-state index in [-0.39, 0.29) is 18.3 Å². The highest BCUT2D eigenvalue weighted by atomic mass is 16.6. The SMILES string of the molecule is CC(C)(C)OC(=O)N1C[C@H]2OCCO[C@@H]2C1. The number of fused-ring (bicyclic) bond motifs is 1. The molecule has 1 amide bonds. The maximum atomic E-state index is 11.8. The molecule has 5 heteroatoms. The van der Waals surface area contributed by atoms with Gasteiger partial charge >= 0.3 is 6.09 Å². The molecule has 16 heavy (non-hydrogen) atoms. The molecule has 2 aliphatic rings. The van der Waals surface area contributed by atoms with Gasteiger partial charge in [-0.3, -0.25) is 0 Å². The normalized spacial score (nSPS) is 30.1. The molecule has 0 saturated carbocycles. The van der Waals surface area contributed by atoms with Crippen molar-refractivity contribution in [3.63, 3.8) is 0 Å². The lowest BCUT2D eigenvalue weighted by molar-refractivity contribution is -0.116. The van der Waals surface area contributed by atoms with Gasteiger partial charge < -0.3 is 19.1 Å². The van der Waals surface area contributed by atoms with Crippen molar-refractivity contribution in [2.24, 2.45) is 0 Å². The molecular weight excluding hydrogens is 210 g/mol. The van der Waals surface area contributed by atoms with Crippen molar-refractivity contribution in [1.29, 1.82) is 0 Å². The summed E-state index contributed by atoms with van der Waals surface area (Å²) in [5.41, 5.74) is -0.452. The second-order valence-corrected chi connectivity index (χ2v) is 5.20. The van der Waals surface area contributed by atoms with Crippen molar-refractivity contribution in [3.05, 3.63) is 0 Å². The van der Waals surface area contributed by atoms with Crippen LogP contribution >= 0.6 is 0 Å². The highest BCUT2D eigenvalue weighted by molar-refractivity contribution is 5.68. The van der Waals surface area contributed by atoms with E-state index in [1.165, 1.54) is 0 Å². The van der Waals surface area contributed by atoms with Crippen molar-refractivity contribution >= 4 is 6.09 Å². The van der Waals surface area contributed by atoms with Gasteiger partial charge in [-0.05, 0) is 20.8 Å². The zero-order chi connectivity index (χ0) is 11.8. The van der Waals surface area contributed by atoms with Gasteiger partial charge in [0.05, 0.1) is 26.3 Å². The van der Waals surface area contributed by atoms with Gasteiger partial charge in [-0.15, -0.1) is 0 Å². The molecule has 0 aliphatic carbocycles. The summed E-state index contributed by atoms with van der Waals surface area (Å²) in [4.78, 5) is 13.5. The third kappa shape index (κ3) is 2.65. The average Bonchev–Trinajstić information content (AvgIpc) is 2.58.